The summed E-state index contributed by atoms with van der Waals surface area (Å²) in [4.78, 5) is 8.50. The van der Waals surface area contributed by atoms with E-state index in [0.29, 0.717) is 5.82 Å². The van der Waals surface area contributed by atoms with E-state index in [2.05, 4.69) is 15.4 Å². The minimum atomic E-state index is 0.687. The zero-order valence-electron chi connectivity index (χ0n) is 8.65. The number of anilines is 1. The molecule has 4 nitrogen and oxygen atoms in total. The number of hydrogen-bond acceptors (Lipinski definition) is 5. The van der Waals surface area contributed by atoms with Gasteiger partial charge >= 0.3 is 0 Å². The zero-order valence-corrected chi connectivity index (χ0v) is 9.46. The maximum Gasteiger partial charge on any atom is 0.143 e. The van der Waals surface area contributed by atoms with Gasteiger partial charge in [-0.25, -0.2) is 15.8 Å². The first-order chi connectivity index (χ1) is 7.38. The van der Waals surface area contributed by atoms with E-state index in [1.165, 1.54) is 25.7 Å². The van der Waals surface area contributed by atoms with Crippen molar-refractivity contribution in [2.75, 3.05) is 5.43 Å². The van der Waals surface area contributed by atoms with Gasteiger partial charge in [-0.15, -0.1) is 0 Å². The fourth-order valence-corrected chi connectivity index (χ4v) is 2.99. The van der Waals surface area contributed by atoms with Gasteiger partial charge in [-0.1, -0.05) is 12.8 Å². The largest absolute Gasteiger partial charge is 0.308 e. The minimum absolute atomic E-state index is 0.687. The van der Waals surface area contributed by atoms with Crippen molar-refractivity contribution < 1.29 is 0 Å². The molecule has 82 valence electrons. The molecule has 0 bridgehead atoms. The molecule has 0 atom stereocenters. The van der Waals surface area contributed by atoms with Crippen LogP contribution in [0.5, 0.6) is 0 Å². The first-order valence-electron chi connectivity index (χ1n) is 5.28. The first-order valence-corrected chi connectivity index (χ1v) is 6.33. The van der Waals surface area contributed by atoms with Crippen molar-refractivity contribution in [2.45, 2.75) is 36.7 Å². The predicted octanol–water partition coefficient (Wildman–Crippen LogP) is 1.94. The van der Waals surface area contributed by atoms with E-state index in [4.69, 9.17) is 5.84 Å². The second-order valence-corrected chi connectivity index (χ2v) is 5.01. The van der Waals surface area contributed by atoms with E-state index in [-0.39, 0.29) is 0 Å². The number of hydrazine groups is 1. The summed E-state index contributed by atoms with van der Waals surface area (Å²) in [6.07, 6.45) is 7.19. The first kappa shape index (κ1) is 10.7. The highest BCUT2D eigenvalue weighted by Crippen LogP contribution is 2.30. The monoisotopic (exact) mass is 224 g/mol. The normalized spacial score (nSPS) is 16.9. The maximum absolute atomic E-state index is 5.29. The molecular formula is C10H16N4S. The highest BCUT2D eigenvalue weighted by Gasteiger charge is 2.15. The quantitative estimate of drug-likeness (QED) is 0.604. The molecule has 1 heterocycles. The van der Waals surface area contributed by atoms with Crippen LogP contribution in [-0.2, 0) is 5.75 Å². The van der Waals surface area contributed by atoms with Crippen LogP contribution >= 0.6 is 11.8 Å². The average Bonchev–Trinajstić information content (AvgIpc) is 2.79. The van der Waals surface area contributed by atoms with E-state index in [9.17, 15) is 0 Å². The van der Waals surface area contributed by atoms with Gasteiger partial charge in [0, 0.05) is 17.5 Å². The molecule has 0 aliphatic heterocycles. The summed E-state index contributed by atoms with van der Waals surface area (Å²) in [5.74, 6) is 7.73. The molecule has 1 aromatic heterocycles. The van der Waals surface area contributed by atoms with Crippen LogP contribution in [0.15, 0.2) is 12.3 Å². The Morgan fingerprint density at radius 2 is 2.27 bits per heavy atom. The molecule has 0 radical (unpaired) electrons. The smallest absolute Gasteiger partial charge is 0.143 e. The lowest BCUT2D eigenvalue weighted by molar-refractivity contribution is 0.886. The van der Waals surface area contributed by atoms with Crippen LogP contribution in [-0.4, -0.2) is 15.2 Å². The Balaban J connectivity index is 1.86. The Hall–Kier alpha value is -0.810. The van der Waals surface area contributed by atoms with Gasteiger partial charge in [0.25, 0.3) is 0 Å². The van der Waals surface area contributed by atoms with Crippen LogP contribution < -0.4 is 11.3 Å². The van der Waals surface area contributed by atoms with Gasteiger partial charge in [0.15, 0.2) is 0 Å². The molecule has 0 amide bonds. The number of nitrogens with one attached hydrogen (secondary N) is 1. The van der Waals surface area contributed by atoms with Crippen molar-refractivity contribution in [3.8, 4) is 0 Å². The van der Waals surface area contributed by atoms with Crippen LogP contribution in [0.4, 0.5) is 5.82 Å². The second kappa shape index (κ2) is 5.32. The number of nitrogens with zero attached hydrogens (tertiary/aromatic N) is 2. The lowest BCUT2D eigenvalue weighted by Crippen LogP contribution is -2.10. The second-order valence-electron chi connectivity index (χ2n) is 3.72. The highest BCUT2D eigenvalue weighted by molar-refractivity contribution is 7.99. The molecule has 1 fully saturated rings. The summed E-state index contributed by atoms with van der Waals surface area (Å²) >= 11 is 1.96. The van der Waals surface area contributed by atoms with E-state index in [1.807, 2.05) is 11.8 Å². The summed E-state index contributed by atoms with van der Waals surface area (Å²) in [7, 11) is 0. The number of nitrogens with two attached hydrogens (primary N) is 1. The molecule has 1 saturated carbocycles. The van der Waals surface area contributed by atoms with E-state index in [1.54, 1.807) is 12.3 Å². The summed E-state index contributed by atoms with van der Waals surface area (Å²) in [5.41, 5.74) is 2.53. The number of nitrogen functional groups attached to an aromatic ring is 1. The SMILES string of the molecule is NNc1ccnc(CSC2CCCC2)n1. The average molecular weight is 224 g/mol. The Morgan fingerprint density at radius 1 is 1.47 bits per heavy atom. The van der Waals surface area contributed by atoms with Gasteiger partial charge < -0.3 is 5.43 Å². The summed E-state index contributed by atoms with van der Waals surface area (Å²) in [5, 5.41) is 0.808. The van der Waals surface area contributed by atoms with Crippen molar-refractivity contribution in [2.24, 2.45) is 5.84 Å². The van der Waals surface area contributed by atoms with Crippen LogP contribution in [0.25, 0.3) is 0 Å². The molecule has 0 spiro atoms. The van der Waals surface area contributed by atoms with Gasteiger partial charge in [-0.3, -0.25) is 0 Å². The van der Waals surface area contributed by atoms with Gasteiger partial charge in [-0.2, -0.15) is 11.8 Å². The molecule has 2 rings (SSSR count). The molecular weight excluding hydrogens is 208 g/mol. The summed E-state index contributed by atoms with van der Waals surface area (Å²) < 4.78 is 0. The van der Waals surface area contributed by atoms with Crippen molar-refractivity contribution in [1.82, 2.24) is 9.97 Å². The van der Waals surface area contributed by atoms with E-state index < -0.39 is 0 Å². The number of thioether (sulfide) groups is 1. The van der Waals surface area contributed by atoms with Crippen LogP contribution in [0.2, 0.25) is 0 Å². The summed E-state index contributed by atoms with van der Waals surface area (Å²) in [6.45, 7) is 0. The number of aromatic nitrogens is 2. The van der Waals surface area contributed by atoms with Crippen LogP contribution in [0, 0.1) is 0 Å². The standard InChI is InChI=1S/C10H16N4S/c11-14-9-5-6-12-10(13-9)7-15-8-3-1-2-4-8/h5-6,8H,1-4,7,11H2,(H,12,13,14). The lowest BCUT2D eigenvalue weighted by atomic mass is 10.4. The Labute approximate surface area is 94.0 Å². The Kier molecular flexibility index (Phi) is 3.80. The van der Waals surface area contributed by atoms with Crippen molar-refractivity contribution in [3.05, 3.63) is 18.1 Å². The third-order valence-electron chi connectivity index (χ3n) is 2.60. The van der Waals surface area contributed by atoms with Gasteiger partial charge in [0.05, 0.1) is 5.75 Å². The Bertz CT molecular complexity index is 312. The third kappa shape index (κ3) is 3.07. The van der Waals surface area contributed by atoms with E-state index in [0.717, 1.165) is 16.8 Å². The maximum atomic E-state index is 5.29. The molecule has 15 heavy (non-hydrogen) atoms. The molecule has 5 heteroatoms. The fraction of sp³-hybridized carbons (Fsp3) is 0.600. The van der Waals surface area contributed by atoms with Gasteiger partial charge in [0.1, 0.15) is 11.6 Å². The molecule has 0 saturated heterocycles. The van der Waals surface area contributed by atoms with Crippen molar-refractivity contribution in [1.29, 1.82) is 0 Å². The van der Waals surface area contributed by atoms with Gasteiger partial charge in [0.2, 0.25) is 0 Å². The highest BCUT2D eigenvalue weighted by atomic mass is 32.2. The summed E-state index contributed by atoms with van der Waals surface area (Å²) in [6, 6.07) is 1.77. The van der Waals surface area contributed by atoms with Crippen molar-refractivity contribution >= 4 is 17.6 Å². The number of hydrogen-bond donors (Lipinski definition) is 2. The molecule has 3 N–H and O–H groups in total. The molecule has 1 aromatic rings. The van der Waals surface area contributed by atoms with Crippen LogP contribution in [0.1, 0.15) is 31.5 Å². The topological polar surface area (TPSA) is 63.8 Å². The van der Waals surface area contributed by atoms with Crippen molar-refractivity contribution in [3.63, 3.8) is 0 Å². The molecule has 0 aromatic carbocycles. The molecule has 0 unspecified atom stereocenters. The van der Waals surface area contributed by atoms with Gasteiger partial charge in [-0.05, 0) is 12.8 Å². The van der Waals surface area contributed by atoms with E-state index >= 15 is 0 Å². The molecule has 1 aliphatic rings. The zero-order chi connectivity index (χ0) is 10.5. The fourth-order valence-electron chi connectivity index (χ4n) is 1.80. The third-order valence-corrected chi connectivity index (χ3v) is 3.97. The minimum Gasteiger partial charge on any atom is -0.308 e. The predicted molar refractivity (Wildman–Crippen MR) is 63.4 cm³/mol. The van der Waals surface area contributed by atoms with Crippen LogP contribution in [0.3, 0.4) is 0 Å². The molecule has 1 aliphatic carbocycles. The Morgan fingerprint density at radius 3 is 3.00 bits per heavy atom. The number of rotatable bonds is 4. The lowest BCUT2D eigenvalue weighted by Gasteiger charge is -2.07.